The molecule has 0 saturated heterocycles. The molecule has 4 N–H and O–H groups in total. The summed E-state index contributed by atoms with van der Waals surface area (Å²) >= 11 is 0. The van der Waals surface area contributed by atoms with Crippen molar-refractivity contribution in [2.24, 2.45) is 11.7 Å². The van der Waals surface area contributed by atoms with E-state index in [4.69, 9.17) is 10.8 Å². The van der Waals surface area contributed by atoms with E-state index >= 15 is 0 Å². The zero-order valence-corrected chi connectivity index (χ0v) is 10.6. The molecule has 0 aliphatic rings. The summed E-state index contributed by atoms with van der Waals surface area (Å²) in [6, 6.07) is 0. The zero-order valence-electron chi connectivity index (χ0n) is 10.6. The number of hydrogen-bond acceptors (Lipinski definition) is 3. The molecule has 0 spiro atoms. The Morgan fingerprint density at radius 2 is 1.94 bits per heavy atom. The van der Waals surface area contributed by atoms with Gasteiger partial charge in [-0.2, -0.15) is 0 Å². The fraction of sp³-hybridized carbons (Fsp3) is 0.833. The van der Waals surface area contributed by atoms with Gasteiger partial charge in [0.15, 0.2) is 0 Å². The summed E-state index contributed by atoms with van der Waals surface area (Å²) in [5.41, 5.74) is 5.26. The van der Waals surface area contributed by atoms with Crippen molar-refractivity contribution in [1.29, 1.82) is 0 Å². The van der Waals surface area contributed by atoms with E-state index in [1.54, 1.807) is 0 Å². The molecule has 0 radical (unpaired) electrons. The Hall–Kier alpha value is -1.10. The molecular formula is C12H24N2O3. The fourth-order valence-corrected chi connectivity index (χ4v) is 1.80. The first-order chi connectivity index (χ1) is 8.10. The molecule has 1 unspecified atom stereocenters. The van der Waals surface area contributed by atoms with Crippen LogP contribution >= 0.6 is 0 Å². The highest BCUT2D eigenvalue weighted by Crippen LogP contribution is 2.17. The third-order valence-corrected chi connectivity index (χ3v) is 2.71. The lowest BCUT2D eigenvalue weighted by Gasteiger charge is -2.15. The highest BCUT2D eigenvalue weighted by Gasteiger charge is 2.10. The Morgan fingerprint density at radius 1 is 1.24 bits per heavy atom. The molecule has 5 nitrogen and oxygen atoms in total. The van der Waals surface area contributed by atoms with Crippen molar-refractivity contribution in [3.63, 3.8) is 0 Å². The van der Waals surface area contributed by atoms with E-state index < -0.39 is 5.97 Å². The molecule has 1 amide bonds. The average molecular weight is 244 g/mol. The van der Waals surface area contributed by atoms with Crippen LogP contribution in [-0.2, 0) is 9.59 Å². The highest BCUT2D eigenvalue weighted by atomic mass is 16.4. The van der Waals surface area contributed by atoms with Crippen LogP contribution in [0.1, 0.15) is 45.4 Å². The van der Waals surface area contributed by atoms with Crippen molar-refractivity contribution in [2.75, 3.05) is 13.1 Å². The van der Waals surface area contributed by atoms with E-state index in [0.29, 0.717) is 31.8 Å². The van der Waals surface area contributed by atoms with Gasteiger partial charge < -0.3 is 16.2 Å². The van der Waals surface area contributed by atoms with Crippen molar-refractivity contribution in [2.45, 2.75) is 45.4 Å². The normalized spacial score (nSPS) is 12.1. The molecule has 0 rings (SSSR count). The monoisotopic (exact) mass is 244 g/mol. The van der Waals surface area contributed by atoms with Gasteiger partial charge in [-0.1, -0.05) is 19.8 Å². The molecule has 100 valence electrons. The van der Waals surface area contributed by atoms with Crippen molar-refractivity contribution < 1.29 is 14.7 Å². The van der Waals surface area contributed by atoms with Crippen molar-refractivity contribution in [3.05, 3.63) is 0 Å². The fourth-order valence-electron chi connectivity index (χ4n) is 1.80. The van der Waals surface area contributed by atoms with Gasteiger partial charge in [-0.3, -0.25) is 9.59 Å². The minimum absolute atomic E-state index is 0.0269. The van der Waals surface area contributed by atoms with E-state index in [2.05, 4.69) is 12.2 Å². The Balaban J connectivity index is 3.75. The topological polar surface area (TPSA) is 92.4 Å². The van der Waals surface area contributed by atoms with Gasteiger partial charge in [0.25, 0.3) is 0 Å². The molecule has 0 aromatic heterocycles. The van der Waals surface area contributed by atoms with Gasteiger partial charge in [0, 0.05) is 25.9 Å². The van der Waals surface area contributed by atoms with Crippen LogP contribution < -0.4 is 11.1 Å². The molecule has 0 aliphatic heterocycles. The number of carbonyl (C=O) groups excluding carboxylic acids is 1. The molecule has 0 aliphatic carbocycles. The number of hydrogen-bond donors (Lipinski definition) is 3. The number of rotatable bonds is 10. The highest BCUT2D eigenvalue weighted by molar-refractivity contribution is 5.75. The summed E-state index contributed by atoms with van der Waals surface area (Å²) in [6.07, 6.45) is 4.16. The Bertz CT molecular complexity index is 232. The van der Waals surface area contributed by atoms with Crippen LogP contribution in [0.5, 0.6) is 0 Å². The molecule has 0 aromatic carbocycles. The largest absolute Gasteiger partial charge is 0.481 e. The number of aliphatic carboxylic acids is 1. The van der Waals surface area contributed by atoms with Crippen LogP contribution in [0.15, 0.2) is 0 Å². The van der Waals surface area contributed by atoms with Crippen LogP contribution in [0.4, 0.5) is 0 Å². The molecule has 0 aromatic rings. The standard InChI is InChI=1S/C12H24N2O3/c1-2-3-10(4-5-12(16)17)7-9-14-11(15)6-8-13/h10H,2-9,13H2,1H3,(H,14,15)(H,16,17). The molecule has 5 heteroatoms. The van der Waals surface area contributed by atoms with Crippen LogP contribution in [0, 0.1) is 5.92 Å². The Morgan fingerprint density at radius 3 is 2.47 bits per heavy atom. The molecule has 0 saturated carbocycles. The predicted molar refractivity (Wildman–Crippen MR) is 66.6 cm³/mol. The summed E-state index contributed by atoms with van der Waals surface area (Å²) in [4.78, 5) is 21.7. The van der Waals surface area contributed by atoms with Crippen molar-refractivity contribution >= 4 is 11.9 Å². The quantitative estimate of drug-likeness (QED) is 0.537. The summed E-state index contributed by atoms with van der Waals surface area (Å²) < 4.78 is 0. The van der Waals surface area contributed by atoms with Gasteiger partial charge in [0.05, 0.1) is 0 Å². The second-order valence-electron chi connectivity index (χ2n) is 4.26. The summed E-state index contributed by atoms with van der Waals surface area (Å²) in [5.74, 6) is -0.395. The third kappa shape index (κ3) is 9.81. The maximum absolute atomic E-state index is 11.2. The van der Waals surface area contributed by atoms with Crippen molar-refractivity contribution in [1.82, 2.24) is 5.32 Å². The smallest absolute Gasteiger partial charge is 0.303 e. The van der Waals surface area contributed by atoms with Gasteiger partial charge in [0.1, 0.15) is 0 Å². The predicted octanol–water partition coefficient (Wildman–Crippen LogP) is 1.12. The van der Waals surface area contributed by atoms with Crippen LogP contribution in [0.3, 0.4) is 0 Å². The second kappa shape index (κ2) is 10.1. The Kier molecular flexibility index (Phi) is 9.43. The third-order valence-electron chi connectivity index (χ3n) is 2.71. The van der Waals surface area contributed by atoms with E-state index in [0.717, 1.165) is 19.3 Å². The molecule has 1 atom stereocenters. The van der Waals surface area contributed by atoms with Gasteiger partial charge in [0.2, 0.25) is 5.91 Å². The first-order valence-corrected chi connectivity index (χ1v) is 6.28. The van der Waals surface area contributed by atoms with E-state index in [1.165, 1.54) is 0 Å². The summed E-state index contributed by atoms with van der Waals surface area (Å²) in [6.45, 7) is 3.06. The number of nitrogens with one attached hydrogen (secondary N) is 1. The molecular weight excluding hydrogens is 220 g/mol. The number of carboxylic acid groups (broad SMARTS) is 1. The van der Waals surface area contributed by atoms with Crippen LogP contribution in [-0.4, -0.2) is 30.1 Å². The summed E-state index contributed by atoms with van der Waals surface area (Å²) in [7, 11) is 0. The Labute approximate surface area is 103 Å². The first kappa shape index (κ1) is 15.9. The lowest BCUT2D eigenvalue weighted by molar-refractivity contribution is -0.137. The van der Waals surface area contributed by atoms with E-state index in [-0.39, 0.29) is 12.3 Å². The second-order valence-corrected chi connectivity index (χ2v) is 4.26. The zero-order chi connectivity index (χ0) is 13.1. The van der Waals surface area contributed by atoms with Gasteiger partial charge in [-0.15, -0.1) is 0 Å². The lowest BCUT2D eigenvalue weighted by atomic mass is 9.94. The molecule has 17 heavy (non-hydrogen) atoms. The van der Waals surface area contributed by atoms with Crippen LogP contribution in [0.25, 0.3) is 0 Å². The SMILES string of the molecule is CCCC(CCNC(=O)CCN)CCC(=O)O. The van der Waals surface area contributed by atoms with E-state index in [1.807, 2.05) is 0 Å². The molecule has 0 heterocycles. The number of amides is 1. The van der Waals surface area contributed by atoms with Gasteiger partial charge in [-0.25, -0.2) is 0 Å². The molecule has 0 bridgehead atoms. The number of carbonyl (C=O) groups is 2. The maximum Gasteiger partial charge on any atom is 0.303 e. The van der Waals surface area contributed by atoms with E-state index in [9.17, 15) is 9.59 Å². The number of carboxylic acids is 1. The maximum atomic E-state index is 11.2. The first-order valence-electron chi connectivity index (χ1n) is 6.28. The van der Waals surface area contributed by atoms with Crippen LogP contribution in [0.2, 0.25) is 0 Å². The van der Waals surface area contributed by atoms with Gasteiger partial charge in [-0.05, 0) is 18.8 Å². The summed E-state index contributed by atoms with van der Waals surface area (Å²) in [5, 5.41) is 11.4. The minimum Gasteiger partial charge on any atom is -0.481 e. The molecule has 0 fully saturated rings. The van der Waals surface area contributed by atoms with Gasteiger partial charge >= 0.3 is 5.97 Å². The number of nitrogens with two attached hydrogens (primary N) is 1. The lowest BCUT2D eigenvalue weighted by Crippen LogP contribution is -2.27. The minimum atomic E-state index is -0.752. The van der Waals surface area contributed by atoms with Crippen molar-refractivity contribution in [3.8, 4) is 0 Å². The average Bonchev–Trinajstić information content (AvgIpc) is 2.26.